The van der Waals surface area contributed by atoms with Gasteiger partial charge in [-0.15, -0.1) is 0 Å². The van der Waals surface area contributed by atoms with E-state index < -0.39 is 0 Å². The van der Waals surface area contributed by atoms with E-state index in [1.54, 1.807) is 37.7 Å². The minimum Gasteiger partial charge on any atom is -0.472 e. The van der Waals surface area contributed by atoms with Crippen molar-refractivity contribution in [3.05, 3.63) is 36.0 Å². The van der Waals surface area contributed by atoms with Crippen LogP contribution in [-0.4, -0.2) is 27.6 Å². The fourth-order valence-electron chi connectivity index (χ4n) is 1.58. The average Bonchev–Trinajstić information content (AvgIpc) is 2.87. The number of rotatable bonds is 3. The van der Waals surface area contributed by atoms with Gasteiger partial charge in [0.1, 0.15) is 0 Å². The van der Waals surface area contributed by atoms with Crippen molar-refractivity contribution >= 4 is 11.6 Å². The van der Waals surface area contributed by atoms with Gasteiger partial charge in [0.15, 0.2) is 5.69 Å². The molecule has 0 spiro atoms. The van der Waals surface area contributed by atoms with Crippen molar-refractivity contribution in [1.29, 1.82) is 0 Å². The zero-order chi connectivity index (χ0) is 12.4. The maximum atomic E-state index is 12.0. The highest BCUT2D eigenvalue weighted by molar-refractivity contribution is 5.96. The van der Waals surface area contributed by atoms with E-state index in [1.165, 1.54) is 4.68 Å². The highest BCUT2D eigenvalue weighted by atomic mass is 16.3. The van der Waals surface area contributed by atoms with Crippen LogP contribution in [0.2, 0.25) is 0 Å². The van der Waals surface area contributed by atoms with Gasteiger partial charge in [-0.1, -0.05) is 0 Å². The Balaban J connectivity index is 2.12. The Bertz CT molecular complexity index is 516. The number of nitrogens with zero attached hydrogens (tertiary/aromatic N) is 3. The molecule has 0 atom stereocenters. The van der Waals surface area contributed by atoms with E-state index in [1.807, 2.05) is 6.07 Å². The number of furan rings is 1. The van der Waals surface area contributed by atoms with Crippen LogP contribution in [0.1, 0.15) is 16.1 Å². The Labute approximate surface area is 98.6 Å². The normalized spacial score (nSPS) is 10.5. The lowest BCUT2D eigenvalue weighted by Crippen LogP contribution is -2.27. The standard InChI is InChI=1S/C11H14N4O2/c1-14(5-8-3-4-17-7-8)11(16)10-9(12)6-15(2)13-10/h3-4,6-7H,5,12H2,1-2H3. The number of hydrogen-bond acceptors (Lipinski definition) is 4. The number of carbonyl (C=O) groups is 1. The van der Waals surface area contributed by atoms with Gasteiger partial charge in [0.05, 0.1) is 18.2 Å². The molecule has 0 radical (unpaired) electrons. The van der Waals surface area contributed by atoms with E-state index in [0.29, 0.717) is 12.2 Å². The van der Waals surface area contributed by atoms with Crippen LogP contribution in [-0.2, 0) is 13.6 Å². The molecule has 2 rings (SSSR count). The quantitative estimate of drug-likeness (QED) is 0.854. The van der Waals surface area contributed by atoms with Gasteiger partial charge in [0.2, 0.25) is 0 Å². The minimum atomic E-state index is -0.204. The predicted molar refractivity (Wildman–Crippen MR) is 62.1 cm³/mol. The van der Waals surface area contributed by atoms with Crippen molar-refractivity contribution in [3.63, 3.8) is 0 Å². The molecule has 2 heterocycles. The molecular formula is C11H14N4O2. The van der Waals surface area contributed by atoms with E-state index in [2.05, 4.69) is 5.10 Å². The molecule has 2 aromatic rings. The third-order valence-electron chi connectivity index (χ3n) is 2.41. The van der Waals surface area contributed by atoms with E-state index >= 15 is 0 Å². The fourth-order valence-corrected chi connectivity index (χ4v) is 1.58. The van der Waals surface area contributed by atoms with E-state index in [0.717, 1.165) is 5.56 Å². The molecule has 0 aromatic carbocycles. The Morgan fingerprint density at radius 1 is 1.65 bits per heavy atom. The van der Waals surface area contributed by atoms with Gasteiger partial charge in [0.25, 0.3) is 5.91 Å². The molecule has 0 saturated heterocycles. The van der Waals surface area contributed by atoms with Crippen LogP contribution in [0.4, 0.5) is 5.69 Å². The van der Waals surface area contributed by atoms with Crippen molar-refractivity contribution in [3.8, 4) is 0 Å². The third kappa shape index (κ3) is 2.30. The summed E-state index contributed by atoms with van der Waals surface area (Å²) in [6.07, 6.45) is 4.78. The second-order valence-corrected chi connectivity index (χ2v) is 3.90. The number of carbonyl (C=O) groups excluding carboxylic acids is 1. The van der Waals surface area contributed by atoms with Crippen molar-refractivity contribution in [1.82, 2.24) is 14.7 Å². The van der Waals surface area contributed by atoms with Gasteiger partial charge in [0, 0.05) is 32.4 Å². The Morgan fingerprint density at radius 2 is 2.41 bits per heavy atom. The number of hydrogen-bond donors (Lipinski definition) is 1. The van der Waals surface area contributed by atoms with Gasteiger partial charge in [-0.3, -0.25) is 9.48 Å². The van der Waals surface area contributed by atoms with Crippen LogP contribution < -0.4 is 5.73 Å². The van der Waals surface area contributed by atoms with Crippen LogP contribution in [0.5, 0.6) is 0 Å². The molecule has 6 nitrogen and oxygen atoms in total. The molecule has 6 heteroatoms. The molecule has 90 valence electrons. The molecule has 0 fully saturated rings. The highest BCUT2D eigenvalue weighted by Gasteiger charge is 2.18. The number of nitrogen functional groups attached to an aromatic ring is 1. The SMILES string of the molecule is CN(Cc1ccoc1)C(=O)c1nn(C)cc1N. The fraction of sp³-hybridized carbons (Fsp3) is 0.273. The maximum Gasteiger partial charge on any atom is 0.276 e. The molecular weight excluding hydrogens is 220 g/mol. The van der Waals surface area contributed by atoms with Crippen molar-refractivity contribution in [2.75, 3.05) is 12.8 Å². The topological polar surface area (TPSA) is 77.3 Å². The van der Waals surface area contributed by atoms with Gasteiger partial charge in [-0.25, -0.2) is 0 Å². The molecule has 0 bridgehead atoms. The van der Waals surface area contributed by atoms with Crippen LogP contribution in [0.15, 0.2) is 29.2 Å². The summed E-state index contributed by atoms with van der Waals surface area (Å²) in [5.74, 6) is -0.204. The molecule has 0 aliphatic heterocycles. The van der Waals surface area contributed by atoms with Crippen molar-refractivity contribution in [2.45, 2.75) is 6.54 Å². The number of aromatic nitrogens is 2. The smallest absolute Gasteiger partial charge is 0.276 e. The highest BCUT2D eigenvalue weighted by Crippen LogP contribution is 2.12. The summed E-state index contributed by atoms with van der Waals surface area (Å²) < 4.78 is 6.47. The zero-order valence-corrected chi connectivity index (χ0v) is 9.75. The molecule has 17 heavy (non-hydrogen) atoms. The number of amides is 1. The Morgan fingerprint density at radius 3 is 2.94 bits per heavy atom. The third-order valence-corrected chi connectivity index (χ3v) is 2.41. The van der Waals surface area contributed by atoms with Gasteiger partial charge >= 0.3 is 0 Å². The summed E-state index contributed by atoms with van der Waals surface area (Å²) in [7, 11) is 3.42. The summed E-state index contributed by atoms with van der Waals surface area (Å²) in [4.78, 5) is 13.6. The van der Waals surface area contributed by atoms with Crippen molar-refractivity contribution < 1.29 is 9.21 Å². The minimum absolute atomic E-state index is 0.204. The van der Waals surface area contributed by atoms with Crippen LogP contribution in [0.3, 0.4) is 0 Å². The van der Waals surface area contributed by atoms with Gasteiger partial charge < -0.3 is 15.1 Å². The predicted octanol–water partition coefficient (Wildman–Crippen LogP) is 0.867. The van der Waals surface area contributed by atoms with Crippen LogP contribution >= 0.6 is 0 Å². The van der Waals surface area contributed by atoms with Crippen LogP contribution in [0.25, 0.3) is 0 Å². The summed E-state index contributed by atoms with van der Waals surface area (Å²) >= 11 is 0. The first kappa shape index (κ1) is 11.3. The molecule has 2 N–H and O–H groups in total. The number of nitrogens with two attached hydrogens (primary N) is 1. The van der Waals surface area contributed by atoms with E-state index in [9.17, 15) is 4.79 Å². The lowest BCUT2D eigenvalue weighted by atomic mass is 10.3. The summed E-state index contributed by atoms with van der Waals surface area (Å²) in [6, 6.07) is 1.81. The maximum absolute atomic E-state index is 12.0. The lowest BCUT2D eigenvalue weighted by Gasteiger charge is -2.14. The van der Waals surface area contributed by atoms with Gasteiger partial charge in [-0.05, 0) is 6.07 Å². The molecule has 0 aliphatic carbocycles. The molecule has 0 saturated carbocycles. The van der Waals surface area contributed by atoms with Crippen molar-refractivity contribution in [2.24, 2.45) is 7.05 Å². The molecule has 1 amide bonds. The Hall–Kier alpha value is -2.24. The molecule has 0 unspecified atom stereocenters. The first-order valence-electron chi connectivity index (χ1n) is 5.13. The van der Waals surface area contributed by atoms with E-state index in [4.69, 9.17) is 10.2 Å². The van der Waals surface area contributed by atoms with Gasteiger partial charge in [-0.2, -0.15) is 5.10 Å². The zero-order valence-electron chi connectivity index (χ0n) is 9.75. The molecule has 2 aromatic heterocycles. The molecule has 0 aliphatic rings. The lowest BCUT2D eigenvalue weighted by molar-refractivity contribution is 0.0779. The summed E-state index contributed by atoms with van der Waals surface area (Å²) in [5.41, 5.74) is 7.29. The first-order valence-corrected chi connectivity index (χ1v) is 5.13. The summed E-state index contributed by atoms with van der Waals surface area (Å²) in [5, 5.41) is 4.04. The summed E-state index contributed by atoms with van der Waals surface area (Å²) in [6.45, 7) is 0.464. The number of anilines is 1. The average molecular weight is 234 g/mol. The largest absolute Gasteiger partial charge is 0.472 e. The second kappa shape index (κ2) is 4.32. The monoisotopic (exact) mass is 234 g/mol. The Kier molecular flexibility index (Phi) is 2.86. The number of aryl methyl sites for hydroxylation is 1. The first-order chi connectivity index (χ1) is 8.08. The van der Waals surface area contributed by atoms with Crippen LogP contribution in [0, 0.1) is 0 Å². The van der Waals surface area contributed by atoms with E-state index in [-0.39, 0.29) is 11.6 Å². The second-order valence-electron chi connectivity index (χ2n) is 3.90.